The van der Waals surface area contributed by atoms with Crippen molar-refractivity contribution < 1.29 is 0 Å². The molecular formula is C46H28N6. The molecule has 242 valence electrons. The minimum Gasteiger partial charge on any atom is -0.309 e. The van der Waals surface area contributed by atoms with Crippen LogP contribution in [0.15, 0.2) is 170 Å². The summed E-state index contributed by atoms with van der Waals surface area (Å²) >= 11 is 0. The van der Waals surface area contributed by atoms with Crippen LogP contribution in [0.25, 0.3) is 100 Å². The molecule has 0 unspecified atom stereocenters. The minimum absolute atomic E-state index is 0.622. The molecular weight excluding hydrogens is 637 g/mol. The molecule has 0 saturated heterocycles. The van der Waals surface area contributed by atoms with E-state index in [4.69, 9.17) is 19.9 Å². The van der Waals surface area contributed by atoms with E-state index >= 15 is 0 Å². The smallest absolute Gasteiger partial charge is 0.164 e. The third-order valence-electron chi connectivity index (χ3n) is 10.1. The Kier molecular flexibility index (Phi) is 6.15. The summed E-state index contributed by atoms with van der Waals surface area (Å²) in [6.07, 6.45) is 0. The first-order valence-electron chi connectivity index (χ1n) is 17.4. The second kappa shape index (κ2) is 11.2. The molecule has 0 amide bonds. The van der Waals surface area contributed by atoms with Crippen LogP contribution < -0.4 is 0 Å². The van der Waals surface area contributed by atoms with Crippen molar-refractivity contribution in [1.82, 2.24) is 28.9 Å². The van der Waals surface area contributed by atoms with E-state index in [1.165, 1.54) is 21.5 Å². The van der Waals surface area contributed by atoms with Crippen LogP contribution in [-0.4, -0.2) is 28.9 Å². The van der Waals surface area contributed by atoms with E-state index < -0.39 is 0 Å². The van der Waals surface area contributed by atoms with Crippen LogP contribution in [0, 0.1) is 0 Å². The van der Waals surface area contributed by atoms with Gasteiger partial charge in [-0.25, -0.2) is 19.9 Å². The van der Waals surface area contributed by atoms with Crippen LogP contribution in [-0.2, 0) is 0 Å². The normalized spacial score (nSPS) is 11.8. The number of rotatable bonds is 4. The van der Waals surface area contributed by atoms with E-state index in [0.29, 0.717) is 17.5 Å². The zero-order valence-electron chi connectivity index (χ0n) is 27.8. The van der Waals surface area contributed by atoms with E-state index in [1.54, 1.807) is 0 Å². The van der Waals surface area contributed by atoms with Gasteiger partial charge in [0.25, 0.3) is 0 Å². The maximum atomic E-state index is 5.21. The Bertz CT molecular complexity index is 3120. The molecule has 0 radical (unpaired) electrons. The van der Waals surface area contributed by atoms with E-state index in [9.17, 15) is 0 Å². The molecule has 0 aliphatic carbocycles. The average Bonchev–Trinajstić information content (AvgIpc) is 3.78. The number of hydrogen-bond acceptors (Lipinski definition) is 4. The van der Waals surface area contributed by atoms with Crippen molar-refractivity contribution in [3.63, 3.8) is 0 Å². The molecule has 6 heteroatoms. The minimum atomic E-state index is 0.622. The van der Waals surface area contributed by atoms with Crippen LogP contribution >= 0.6 is 0 Å². The number of nitrogens with zero attached hydrogens (tertiary/aromatic N) is 6. The van der Waals surface area contributed by atoms with Crippen LogP contribution in [0.1, 0.15) is 0 Å². The monoisotopic (exact) mass is 664 g/mol. The predicted molar refractivity (Wildman–Crippen MR) is 212 cm³/mol. The Morgan fingerprint density at radius 2 is 0.923 bits per heavy atom. The SMILES string of the molecule is c1ccc(-c2nc(-c3ccccc3)nc(-c3cccc(-n4c5ccccc5c5ccc6c(c7ccccc7n7c8ccccc8nc67)c54)c3)n2)cc1. The number of fused-ring (bicyclic) bond motifs is 12. The molecule has 0 atom stereocenters. The van der Waals surface area contributed by atoms with Gasteiger partial charge in [0.15, 0.2) is 17.5 Å². The lowest BCUT2D eigenvalue weighted by Gasteiger charge is -2.14. The predicted octanol–water partition coefficient (Wildman–Crippen LogP) is 11.1. The van der Waals surface area contributed by atoms with Gasteiger partial charge in [-0.1, -0.05) is 127 Å². The third kappa shape index (κ3) is 4.25. The summed E-state index contributed by atoms with van der Waals surface area (Å²) in [5.41, 5.74) is 10.3. The van der Waals surface area contributed by atoms with E-state index in [-0.39, 0.29) is 0 Å². The van der Waals surface area contributed by atoms with Crippen molar-refractivity contribution in [3.05, 3.63) is 170 Å². The van der Waals surface area contributed by atoms with Gasteiger partial charge in [0.2, 0.25) is 0 Å². The molecule has 0 saturated carbocycles. The largest absolute Gasteiger partial charge is 0.309 e. The fraction of sp³-hybridized carbons (Fsp3) is 0. The van der Waals surface area contributed by atoms with Crippen molar-refractivity contribution in [2.75, 3.05) is 0 Å². The Labute approximate surface area is 297 Å². The van der Waals surface area contributed by atoms with Gasteiger partial charge in [0, 0.05) is 49.3 Å². The molecule has 11 aromatic rings. The fourth-order valence-corrected chi connectivity index (χ4v) is 7.84. The lowest BCUT2D eigenvalue weighted by molar-refractivity contribution is 1.07. The topological polar surface area (TPSA) is 60.9 Å². The summed E-state index contributed by atoms with van der Waals surface area (Å²) in [6.45, 7) is 0. The van der Waals surface area contributed by atoms with E-state index in [1.807, 2.05) is 60.7 Å². The van der Waals surface area contributed by atoms with Crippen LogP contribution in [0.3, 0.4) is 0 Å². The summed E-state index contributed by atoms with van der Waals surface area (Å²) < 4.78 is 4.71. The number of aromatic nitrogens is 6. The number of para-hydroxylation sites is 4. The van der Waals surface area contributed by atoms with E-state index in [2.05, 4.69) is 118 Å². The summed E-state index contributed by atoms with van der Waals surface area (Å²) in [5, 5.41) is 5.85. The average molecular weight is 665 g/mol. The highest BCUT2D eigenvalue weighted by atomic mass is 15.0. The molecule has 52 heavy (non-hydrogen) atoms. The highest BCUT2D eigenvalue weighted by Crippen LogP contribution is 2.42. The lowest BCUT2D eigenvalue weighted by atomic mass is 10.0. The molecule has 11 rings (SSSR count). The lowest BCUT2D eigenvalue weighted by Crippen LogP contribution is -2.01. The zero-order valence-corrected chi connectivity index (χ0v) is 27.8. The van der Waals surface area contributed by atoms with Gasteiger partial charge in [0.05, 0.1) is 27.6 Å². The molecule has 0 aliphatic heterocycles. The van der Waals surface area contributed by atoms with Gasteiger partial charge in [-0.05, 0) is 42.5 Å². The van der Waals surface area contributed by atoms with Gasteiger partial charge in [-0.3, -0.25) is 4.40 Å². The standard InChI is InChI=1S/C46H28N6/c1-3-14-29(15-4-1)43-48-44(30-16-5-2-6-17-30)50-45(49-43)31-18-13-19-32(28-31)51-38-23-10-7-20-33(38)34-26-27-36-41(42(34)51)35-21-8-11-24-39(35)52-40-25-12-9-22-37(40)47-46(36)52/h1-28H. The first-order valence-corrected chi connectivity index (χ1v) is 17.4. The van der Waals surface area contributed by atoms with Crippen molar-refractivity contribution in [1.29, 1.82) is 0 Å². The molecule has 0 bridgehead atoms. The van der Waals surface area contributed by atoms with Gasteiger partial charge in [-0.2, -0.15) is 0 Å². The Morgan fingerprint density at radius 1 is 0.365 bits per heavy atom. The second-order valence-electron chi connectivity index (χ2n) is 13.1. The summed E-state index contributed by atoms with van der Waals surface area (Å²) in [7, 11) is 0. The number of benzene rings is 7. The zero-order chi connectivity index (χ0) is 34.2. The van der Waals surface area contributed by atoms with Gasteiger partial charge >= 0.3 is 0 Å². The number of imidazole rings is 1. The van der Waals surface area contributed by atoms with Crippen molar-refractivity contribution in [3.8, 4) is 39.9 Å². The molecule has 0 aliphatic rings. The fourth-order valence-electron chi connectivity index (χ4n) is 7.84. The van der Waals surface area contributed by atoms with Gasteiger partial charge in [0.1, 0.15) is 5.65 Å². The number of hydrogen-bond donors (Lipinski definition) is 0. The maximum Gasteiger partial charge on any atom is 0.164 e. The first kappa shape index (κ1) is 28.6. The van der Waals surface area contributed by atoms with Crippen LogP contribution in [0.5, 0.6) is 0 Å². The van der Waals surface area contributed by atoms with Crippen LogP contribution in [0.4, 0.5) is 0 Å². The highest BCUT2D eigenvalue weighted by Gasteiger charge is 2.21. The molecule has 4 heterocycles. The summed E-state index contributed by atoms with van der Waals surface area (Å²) in [5.74, 6) is 1.90. The van der Waals surface area contributed by atoms with Crippen molar-refractivity contribution in [2.45, 2.75) is 0 Å². The van der Waals surface area contributed by atoms with Crippen LogP contribution in [0.2, 0.25) is 0 Å². The number of pyridine rings is 1. The molecule has 0 N–H and O–H groups in total. The molecule has 7 aromatic carbocycles. The van der Waals surface area contributed by atoms with E-state index in [0.717, 1.165) is 61.0 Å². The molecule has 0 spiro atoms. The Hall–Kier alpha value is -7.18. The quantitative estimate of drug-likeness (QED) is 0.176. The van der Waals surface area contributed by atoms with Gasteiger partial charge in [-0.15, -0.1) is 0 Å². The maximum absolute atomic E-state index is 5.21. The first-order chi connectivity index (χ1) is 25.8. The third-order valence-corrected chi connectivity index (χ3v) is 10.1. The van der Waals surface area contributed by atoms with Gasteiger partial charge < -0.3 is 4.57 Å². The van der Waals surface area contributed by atoms with Crippen molar-refractivity contribution >= 4 is 60.2 Å². The molecule has 0 fully saturated rings. The Balaban J connectivity index is 1.22. The van der Waals surface area contributed by atoms with Crippen molar-refractivity contribution in [2.24, 2.45) is 0 Å². The Morgan fingerprint density at radius 3 is 1.65 bits per heavy atom. The highest BCUT2D eigenvalue weighted by molar-refractivity contribution is 6.28. The summed E-state index contributed by atoms with van der Waals surface area (Å²) in [4.78, 5) is 20.2. The molecule has 4 aromatic heterocycles. The molecule has 6 nitrogen and oxygen atoms in total. The second-order valence-corrected chi connectivity index (χ2v) is 13.1. The summed E-state index contributed by atoms with van der Waals surface area (Å²) in [6, 6.07) is 59.0.